The zero-order valence-electron chi connectivity index (χ0n) is 11.4. The third-order valence-electron chi connectivity index (χ3n) is 3.51. The summed E-state index contributed by atoms with van der Waals surface area (Å²) in [6.45, 7) is 0. The van der Waals surface area contributed by atoms with Gasteiger partial charge in [-0.2, -0.15) is 13.2 Å². The van der Waals surface area contributed by atoms with Crippen LogP contribution in [0.1, 0.15) is 16.7 Å². The van der Waals surface area contributed by atoms with Crippen LogP contribution in [0.2, 0.25) is 0 Å². The number of H-pyrrole nitrogens is 1. The smallest absolute Gasteiger partial charge is 0.322 e. The fourth-order valence-corrected chi connectivity index (χ4v) is 2.36. The summed E-state index contributed by atoms with van der Waals surface area (Å²) in [7, 11) is 0. The predicted molar refractivity (Wildman–Crippen MR) is 78.8 cm³/mol. The van der Waals surface area contributed by atoms with Crippen molar-refractivity contribution in [1.82, 2.24) is 4.98 Å². The molecule has 22 heavy (non-hydrogen) atoms. The number of alkyl halides is 3. The van der Waals surface area contributed by atoms with Crippen molar-refractivity contribution >= 4 is 10.9 Å². The second kappa shape index (κ2) is 5.33. The van der Waals surface area contributed by atoms with E-state index in [0.29, 0.717) is 11.1 Å². The SMILES string of the molecule is O=c1[nH]c2ccccc2cc1Cc1ccc(C(F)(F)F)cc1. The number of para-hydroxylation sites is 1. The average Bonchev–Trinajstić information content (AvgIpc) is 2.48. The van der Waals surface area contributed by atoms with Gasteiger partial charge in [-0.15, -0.1) is 0 Å². The number of aromatic amines is 1. The molecule has 2 aromatic carbocycles. The Bertz CT molecular complexity index is 863. The molecule has 112 valence electrons. The zero-order valence-corrected chi connectivity index (χ0v) is 11.4. The number of halogens is 3. The van der Waals surface area contributed by atoms with E-state index >= 15 is 0 Å². The first kappa shape index (κ1) is 14.4. The van der Waals surface area contributed by atoms with Crippen LogP contribution in [0.15, 0.2) is 59.4 Å². The van der Waals surface area contributed by atoms with Crippen LogP contribution < -0.4 is 5.56 Å². The van der Waals surface area contributed by atoms with Crippen LogP contribution in [0.25, 0.3) is 10.9 Å². The van der Waals surface area contributed by atoms with E-state index in [4.69, 9.17) is 0 Å². The summed E-state index contributed by atoms with van der Waals surface area (Å²) in [5.41, 5.74) is 1.01. The molecule has 0 fully saturated rings. The van der Waals surface area contributed by atoms with Crippen molar-refractivity contribution in [3.8, 4) is 0 Å². The van der Waals surface area contributed by atoms with Crippen LogP contribution in [0.3, 0.4) is 0 Å². The lowest BCUT2D eigenvalue weighted by molar-refractivity contribution is -0.137. The molecule has 0 radical (unpaired) electrons. The van der Waals surface area contributed by atoms with Crippen molar-refractivity contribution in [3.63, 3.8) is 0 Å². The molecule has 0 bridgehead atoms. The van der Waals surface area contributed by atoms with Crippen molar-refractivity contribution < 1.29 is 13.2 Å². The standard InChI is InChI=1S/C17H12F3NO/c18-17(19,20)14-7-5-11(6-8-14)9-13-10-12-3-1-2-4-15(12)21-16(13)22/h1-8,10H,9H2,(H,21,22). The highest BCUT2D eigenvalue weighted by Crippen LogP contribution is 2.29. The molecule has 0 amide bonds. The molecule has 0 unspecified atom stereocenters. The van der Waals surface area contributed by atoms with Gasteiger partial charge in [-0.05, 0) is 35.2 Å². The van der Waals surface area contributed by atoms with Gasteiger partial charge in [-0.3, -0.25) is 4.79 Å². The molecule has 1 heterocycles. The number of aromatic nitrogens is 1. The van der Waals surface area contributed by atoms with Crippen LogP contribution in [-0.4, -0.2) is 4.98 Å². The van der Waals surface area contributed by atoms with Crippen LogP contribution in [-0.2, 0) is 12.6 Å². The number of fused-ring (bicyclic) bond motifs is 1. The first-order valence-electron chi connectivity index (χ1n) is 6.70. The molecule has 0 atom stereocenters. The van der Waals surface area contributed by atoms with E-state index in [1.165, 1.54) is 12.1 Å². The Morgan fingerprint density at radius 1 is 0.955 bits per heavy atom. The second-order valence-corrected chi connectivity index (χ2v) is 5.08. The van der Waals surface area contributed by atoms with Crippen molar-refractivity contribution in [2.45, 2.75) is 12.6 Å². The summed E-state index contributed by atoms with van der Waals surface area (Å²) < 4.78 is 37.6. The Hall–Kier alpha value is -2.56. The van der Waals surface area contributed by atoms with Crippen molar-refractivity contribution in [2.24, 2.45) is 0 Å². The third kappa shape index (κ3) is 2.88. The number of benzene rings is 2. The van der Waals surface area contributed by atoms with E-state index in [1.807, 2.05) is 18.2 Å². The van der Waals surface area contributed by atoms with E-state index in [1.54, 1.807) is 12.1 Å². The summed E-state index contributed by atoms with van der Waals surface area (Å²) in [6.07, 6.45) is -4.06. The zero-order chi connectivity index (χ0) is 15.7. The number of nitrogens with one attached hydrogen (secondary N) is 1. The minimum Gasteiger partial charge on any atom is -0.322 e. The predicted octanol–water partition coefficient (Wildman–Crippen LogP) is 4.14. The molecule has 0 aliphatic heterocycles. The lowest BCUT2D eigenvalue weighted by atomic mass is 10.0. The lowest BCUT2D eigenvalue weighted by Crippen LogP contribution is -2.12. The molecule has 0 spiro atoms. The maximum atomic E-state index is 12.5. The number of hydrogen-bond acceptors (Lipinski definition) is 1. The summed E-state index contributed by atoms with van der Waals surface area (Å²) in [5.74, 6) is 0. The van der Waals surface area contributed by atoms with Crippen LogP contribution in [0.4, 0.5) is 13.2 Å². The van der Waals surface area contributed by atoms with Crippen LogP contribution in [0, 0.1) is 0 Å². The van der Waals surface area contributed by atoms with E-state index in [-0.39, 0.29) is 12.0 Å². The van der Waals surface area contributed by atoms with Gasteiger partial charge in [0.1, 0.15) is 0 Å². The van der Waals surface area contributed by atoms with Gasteiger partial charge in [0.25, 0.3) is 5.56 Å². The first-order chi connectivity index (χ1) is 10.4. The molecule has 3 aromatic rings. The highest BCUT2D eigenvalue weighted by atomic mass is 19.4. The monoisotopic (exact) mass is 303 g/mol. The van der Waals surface area contributed by atoms with Crippen LogP contribution in [0.5, 0.6) is 0 Å². The van der Waals surface area contributed by atoms with Crippen molar-refractivity contribution in [2.75, 3.05) is 0 Å². The Labute approximate surface area is 124 Å². The van der Waals surface area contributed by atoms with E-state index in [9.17, 15) is 18.0 Å². The lowest BCUT2D eigenvalue weighted by Gasteiger charge is -2.08. The van der Waals surface area contributed by atoms with Gasteiger partial charge < -0.3 is 4.98 Å². The topological polar surface area (TPSA) is 32.9 Å². The highest BCUT2D eigenvalue weighted by molar-refractivity contribution is 5.78. The second-order valence-electron chi connectivity index (χ2n) is 5.08. The minimum atomic E-state index is -4.35. The Morgan fingerprint density at radius 3 is 2.32 bits per heavy atom. The third-order valence-corrected chi connectivity index (χ3v) is 3.51. The summed E-state index contributed by atoms with van der Waals surface area (Å²) in [6, 6.07) is 14.0. The van der Waals surface area contributed by atoms with Gasteiger partial charge >= 0.3 is 6.18 Å². The van der Waals surface area contributed by atoms with Gasteiger partial charge in [-0.25, -0.2) is 0 Å². The maximum absolute atomic E-state index is 12.5. The van der Waals surface area contributed by atoms with Gasteiger partial charge in [0, 0.05) is 17.5 Å². The summed E-state index contributed by atoms with van der Waals surface area (Å²) in [5, 5.41) is 0.893. The van der Waals surface area contributed by atoms with Gasteiger partial charge in [0.05, 0.1) is 5.56 Å². The fourth-order valence-electron chi connectivity index (χ4n) is 2.36. The van der Waals surface area contributed by atoms with Gasteiger partial charge in [0.15, 0.2) is 0 Å². The van der Waals surface area contributed by atoms with Crippen LogP contribution >= 0.6 is 0 Å². The minimum absolute atomic E-state index is 0.224. The number of hydrogen-bond donors (Lipinski definition) is 1. The maximum Gasteiger partial charge on any atom is 0.416 e. The van der Waals surface area contributed by atoms with E-state index < -0.39 is 11.7 Å². The molecule has 0 aliphatic rings. The fraction of sp³-hybridized carbons (Fsp3) is 0.118. The van der Waals surface area contributed by atoms with Crippen molar-refractivity contribution in [3.05, 3.63) is 81.6 Å². The molecule has 0 aliphatic carbocycles. The molecule has 5 heteroatoms. The molecule has 3 rings (SSSR count). The first-order valence-corrected chi connectivity index (χ1v) is 6.70. The molecule has 0 saturated carbocycles. The summed E-state index contributed by atoms with van der Waals surface area (Å²) >= 11 is 0. The molecule has 2 nitrogen and oxygen atoms in total. The number of pyridine rings is 1. The molecule has 1 aromatic heterocycles. The Balaban J connectivity index is 1.93. The average molecular weight is 303 g/mol. The van der Waals surface area contributed by atoms with Crippen molar-refractivity contribution in [1.29, 1.82) is 0 Å². The largest absolute Gasteiger partial charge is 0.416 e. The van der Waals surface area contributed by atoms with E-state index in [0.717, 1.165) is 23.0 Å². The highest BCUT2D eigenvalue weighted by Gasteiger charge is 2.29. The molecular formula is C17H12F3NO. The van der Waals surface area contributed by atoms with E-state index in [2.05, 4.69) is 4.98 Å². The molecule has 0 saturated heterocycles. The van der Waals surface area contributed by atoms with Gasteiger partial charge in [-0.1, -0.05) is 30.3 Å². The Kier molecular flexibility index (Phi) is 3.48. The summed E-state index contributed by atoms with van der Waals surface area (Å²) in [4.78, 5) is 14.8. The normalized spacial score (nSPS) is 11.8. The quantitative estimate of drug-likeness (QED) is 0.758. The Morgan fingerprint density at radius 2 is 1.64 bits per heavy atom. The molecular weight excluding hydrogens is 291 g/mol. The molecule has 1 N–H and O–H groups in total. The number of rotatable bonds is 2. The van der Waals surface area contributed by atoms with Gasteiger partial charge in [0.2, 0.25) is 0 Å².